The molecular formula is C11H12N2O6. The molecule has 0 saturated heterocycles. The molecule has 0 fully saturated rings. The summed E-state index contributed by atoms with van der Waals surface area (Å²) >= 11 is 0. The first-order valence-corrected chi connectivity index (χ1v) is 5.52. The Balaban J connectivity index is 2.90. The molecule has 0 atom stereocenters. The monoisotopic (exact) mass is 268 g/mol. The predicted octanol–water partition coefficient (Wildman–Crippen LogP) is 2.35. The van der Waals surface area contributed by atoms with Crippen LogP contribution in [0.4, 0.5) is 11.4 Å². The molecule has 19 heavy (non-hydrogen) atoms. The third-order valence-electron chi connectivity index (χ3n) is 2.24. The maximum absolute atomic E-state index is 11.2. The van der Waals surface area contributed by atoms with E-state index in [2.05, 4.69) is 0 Å². The Labute approximate surface area is 108 Å². The lowest BCUT2D eigenvalue weighted by Gasteiger charge is -2.04. The third kappa shape index (κ3) is 4.34. The Morgan fingerprint density at radius 3 is 2.11 bits per heavy atom. The van der Waals surface area contributed by atoms with Crippen molar-refractivity contribution in [3.8, 4) is 0 Å². The Morgan fingerprint density at radius 2 is 1.68 bits per heavy atom. The van der Waals surface area contributed by atoms with Crippen LogP contribution < -0.4 is 0 Å². The van der Waals surface area contributed by atoms with Crippen molar-refractivity contribution in [2.75, 3.05) is 0 Å². The van der Waals surface area contributed by atoms with E-state index in [0.29, 0.717) is 6.42 Å². The van der Waals surface area contributed by atoms with Gasteiger partial charge in [-0.3, -0.25) is 25.0 Å². The van der Waals surface area contributed by atoms with Gasteiger partial charge < -0.3 is 4.74 Å². The maximum atomic E-state index is 11.2. The van der Waals surface area contributed by atoms with Gasteiger partial charge in [-0.25, -0.2) is 0 Å². The van der Waals surface area contributed by atoms with Crippen LogP contribution in [0.25, 0.3) is 0 Å². The van der Waals surface area contributed by atoms with Crippen molar-refractivity contribution in [3.63, 3.8) is 0 Å². The van der Waals surface area contributed by atoms with Crippen molar-refractivity contribution in [3.05, 3.63) is 44.0 Å². The van der Waals surface area contributed by atoms with Gasteiger partial charge in [0.25, 0.3) is 11.4 Å². The zero-order chi connectivity index (χ0) is 14.4. The summed E-state index contributed by atoms with van der Waals surface area (Å²) in [5, 5.41) is 21.3. The molecule has 0 aliphatic heterocycles. The molecule has 0 aliphatic carbocycles. The SMILES string of the molecule is CCCC(=O)OCc1cc([N+](=O)[O-])cc([N+](=O)[O-])c1. The molecule has 102 valence electrons. The fourth-order valence-electron chi connectivity index (χ4n) is 1.39. The van der Waals surface area contributed by atoms with Crippen molar-refractivity contribution in [1.82, 2.24) is 0 Å². The van der Waals surface area contributed by atoms with E-state index in [9.17, 15) is 25.0 Å². The Hall–Kier alpha value is -2.51. The Kier molecular flexibility index (Phi) is 4.92. The number of carbonyl (C=O) groups is 1. The number of nitro groups is 2. The van der Waals surface area contributed by atoms with E-state index in [-0.39, 0.29) is 18.6 Å². The van der Waals surface area contributed by atoms with Gasteiger partial charge in [-0.1, -0.05) is 6.92 Å². The molecule has 0 spiro atoms. The van der Waals surface area contributed by atoms with Gasteiger partial charge in [-0.2, -0.15) is 0 Å². The number of benzene rings is 1. The Bertz CT molecular complexity index is 482. The number of hydrogen-bond donors (Lipinski definition) is 0. The summed E-state index contributed by atoms with van der Waals surface area (Å²) in [4.78, 5) is 31.0. The van der Waals surface area contributed by atoms with Crippen LogP contribution in [0.2, 0.25) is 0 Å². The molecule has 0 heterocycles. The topological polar surface area (TPSA) is 113 Å². The van der Waals surface area contributed by atoms with E-state index in [1.54, 1.807) is 6.92 Å². The summed E-state index contributed by atoms with van der Waals surface area (Å²) in [5.41, 5.74) is -0.600. The average Bonchev–Trinajstić information content (AvgIpc) is 2.36. The summed E-state index contributed by atoms with van der Waals surface area (Å²) in [6.45, 7) is 1.58. The zero-order valence-electron chi connectivity index (χ0n) is 10.2. The molecule has 0 N–H and O–H groups in total. The highest BCUT2D eigenvalue weighted by molar-refractivity contribution is 5.69. The summed E-state index contributed by atoms with van der Waals surface area (Å²) in [5.74, 6) is -0.448. The number of rotatable bonds is 6. The fourth-order valence-corrected chi connectivity index (χ4v) is 1.39. The molecule has 0 saturated carbocycles. The lowest BCUT2D eigenvalue weighted by Crippen LogP contribution is -2.04. The van der Waals surface area contributed by atoms with E-state index in [1.165, 1.54) is 0 Å². The molecule has 1 rings (SSSR count). The predicted molar refractivity (Wildman–Crippen MR) is 64.5 cm³/mol. The number of nitro benzene ring substituents is 2. The van der Waals surface area contributed by atoms with Crippen LogP contribution in [0.3, 0.4) is 0 Å². The van der Waals surface area contributed by atoms with Crippen LogP contribution in [0.5, 0.6) is 0 Å². The average molecular weight is 268 g/mol. The standard InChI is InChI=1S/C11H12N2O6/c1-2-3-11(14)19-7-8-4-9(12(15)16)6-10(5-8)13(17)18/h4-6H,2-3,7H2,1H3. The van der Waals surface area contributed by atoms with E-state index in [0.717, 1.165) is 18.2 Å². The van der Waals surface area contributed by atoms with E-state index in [4.69, 9.17) is 4.74 Å². The summed E-state index contributed by atoms with van der Waals surface area (Å²) in [7, 11) is 0. The van der Waals surface area contributed by atoms with Crippen LogP contribution in [-0.4, -0.2) is 15.8 Å². The van der Waals surface area contributed by atoms with E-state index in [1.807, 2.05) is 0 Å². The molecule has 8 nitrogen and oxygen atoms in total. The van der Waals surface area contributed by atoms with Crippen LogP contribution in [0, 0.1) is 20.2 Å². The smallest absolute Gasteiger partial charge is 0.306 e. The van der Waals surface area contributed by atoms with Crippen LogP contribution >= 0.6 is 0 Å². The third-order valence-corrected chi connectivity index (χ3v) is 2.24. The van der Waals surface area contributed by atoms with Crippen molar-refractivity contribution in [2.45, 2.75) is 26.4 Å². The quantitative estimate of drug-likeness (QED) is 0.444. The largest absolute Gasteiger partial charge is 0.461 e. The molecule has 1 aromatic carbocycles. The van der Waals surface area contributed by atoms with E-state index >= 15 is 0 Å². The minimum absolute atomic E-state index is 0.213. The zero-order valence-corrected chi connectivity index (χ0v) is 10.2. The van der Waals surface area contributed by atoms with Crippen molar-refractivity contribution >= 4 is 17.3 Å². The van der Waals surface area contributed by atoms with Gasteiger partial charge in [0.05, 0.1) is 15.9 Å². The lowest BCUT2D eigenvalue weighted by molar-refractivity contribution is -0.394. The van der Waals surface area contributed by atoms with Gasteiger partial charge in [0.1, 0.15) is 6.61 Å². The highest BCUT2D eigenvalue weighted by Gasteiger charge is 2.17. The maximum Gasteiger partial charge on any atom is 0.306 e. The molecule has 0 unspecified atom stereocenters. The van der Waals surface area contributed by atoms with Crippen molar-refractivity contribution in [2.24, 2.45) is 0 Å². The summed E-state index contributed by atoms with van der Waals surface area (Å²) in [6, 6.07) is 3.15. The minimum atomic E-state index is -0.732. The molecule has 0 radical (unpaired) electrons. The van der Waals surface area contributed by atoms with Gasteiger partial charge in [0.2, 0.25) is 0 Å². The number of non-ortho nitro benzene ring substituents is 2. The van der Waals surface area contributed by atoms with Crippen LogP contribution in [-0.2, 0) is 16.1 Å². The molecule has 0 aromatic heterocycles. The fraction of sp³-hybridized carbons (Fsp3) is 0.364. The van der Waals surface area contributed by atoms with Crippen molar-refractivity contribution in [1.29, 1.82) is 0 Å². The highest BCUT2D eigenvalue weighted by Crippen LogP contribution is 2.23. The van der Waals surface area contributed by atoms with E-state index < -0.39 is 27.2 Å². The second kappa shape index (κ2) is 6.43. The Morgan fingerprint density at radius 1 is 1.16 bits per heavy atom. The van der Waals surface area contributed by atoms with Gasteiger partial charge in [0, 0.05) is 24.1 Å². The van der Waals surface area contributed by atoms with Gasteiger partial charge in [-0.05, 0) is 6.42 Å². The van der Waals surface area contributed by atoms with Crippen LogP contribution in [0.1, 0.15) is 25.3 Å². The number of nitrogens with zero attached hydrogens (tertiary/aromatic N) is 2. The first-order chi connectivity index (χ1) is 8.93. The molecule has 0 amide bonds. The second-order valence-corrected chi connectivity index (χ2v) is 3.78. The number of ether oxygens (including phenoxy) is 1. The minimum Gasteiger partial charge on any atom is -0.461 e. The van der Waals surface area contributed by atoms with Crippen molar-refractivity contribution < 1.29 is 19.4 Å². The highest BCUT2D eigenvalue weighted by atomic mass is 16.6. The van der Waals surface area contributed by atoms with Gasteiger partial charge >= 0.3 is 5.97 Å². The number of hydrogen-bond acceptors (Lipinski definition) is 6. The normalized spacial score (nSPS) is 9.95. The first kappa shape index (κ1) is 14.6. The first-order valence-electron chi connectivity index (χ1n) is 5.52. The number of carbonyl (C=O) groups excluding carboxylic acids is 1. The molecule has 1 aromatic rings. The van der Waals surface area contributed by atoms with Gasteiger partial charge in [0.15, 0.2) is 0 Å². The number of esters is 1. The molecule has 0 aliphatic rings. The second-order valence-electron chi connectivity index (χ2n) is 3.78. The molecular weight excluding hydrogens is 256 g/mol. The van der Waals surface area contributed by atoms with Gasteiger partial charge in [-0.15, -0.1) is 0 Å². The molecule has 0 bridgehead atoms. The summed E-state index contributed by atoms with van der Waals surface area (Å²) < 4.78 is 4.85. The molecule has 8 heteroatoms. The summed E-state index contributed by atoms with van der Waals surface area (Å²) in [6.07, 6.45) is 0.852. The lowest BCUT2D eigenvalue weighted by atomic mass is 10.2. The van der Waals surface area contributed by atoms with Crippen LogP contribution in [0.15, 0.2) is 18.2 Å².